The molecule has 8 heteroatoms. The maximum atomic E-state index is 13.3. The molecule has 2 aromatic rings. The van der Waals surface area contributed by atoms with Crippen LogP contribution in [0.4, 0.5) is 13.6 Å². The Hall–Kier alpha value is -1.78. The molecular formula is C19H21F2IN2O3. The molecule has 0 aliphatic carbocycles. The number of halogens is 3. The fraction of sp³-hybridized carbons (Fsp3) is 0.316. The van der Waals surface area contributed by atoms with E-state index in [1.54, 1.807) is 7.05 Å². The Morgan fingerprint density at radius 2 is 1.89 bits per heavy atom. The van der Waals surface area contributed by atoms with Gasteiger partial charge in [0.15, 0.2) is 0 Å². The quantitative estimate of drug-likeness (QED) is 0.498. The number of hydrogen-bond donors (Lipinski definition) is 3. The van der Waals surface area contributed by atoms with Gasteiger partial charge in [-0.25, -0.2) is 13.6 Å². The Balaban J connectivity index is 1.81. The van der Waals surface area contributed by atoms with Crippen molar-refractivity contribution in [2.24, 2.45) is 0 Å². The van der Waals surface area contributed by atoms with E-state index in [2.05, 4.69) is 33.2 Å². The number of aliphatic hydroxyl groups excluding tert-OH is 1. The molecule has 27 heavy (non-hydrogen) atoms. The second-order valence-electron chi connectivity index (χ2n) is 6.03. The van der Waals surface area contributed by atoms with Crippen LogP contribution < -0.4 is 10.6 Å². The second kappa shape index (κ2) is 10.5. The molecule has 0 aromatic heterocycles. The first kappa shape index (κ1) is 21.5. The summed E-state index contributed by atoms with van der Waals surface area (Å²) < 4.78 is 32.7. The van der Waals surface area contributed by atoms with Gasteiger partial charge in [0.25, 0.3) is 0 Å². The molecule has 0 fully saturated rings. The molecule has 0 radical (unpaired) electrons. The summed E-state index contributed by atoms with van der Waals surface area (Å²) in [4.78, 5) is 11.8. The Morgan fingerprint density at radius 3 is 2.52 bits per heavy atom. The maximum Gasteiger partial charge on any atom is 0.407 e. The van der Waals surface area contributed by atoms with Gasteiger partial charge in [-0.15, -0.1) is 0 Å². The molecular weight excluding hydrogens is 469 g/mol. The smallest absolute Gasteiger partial charge is 0.407 e. The molecule has 2 atom stereocenters. The number of nitrogens with one attached hydrogen (secondary N) is 2. The van der Waals surface area contributed by atoms with Crippen LogP contribution in [0.25, 0.3) is 0 Å². The zero-order valence-corrected chi connectivity index (χ0v) is 16.9. The molecule has 0 saturated carbocycles. The highest BCUT2D eigenvalue weighted by Crippen LogP contribution is 2.12. The number of carbonyl (C=O) groups is 1. The van der Waals surface area contributed by atoms with Gasteiger partial charge in [0.1, 0.15) is 18.2 Å². The van der Waals surface area contributed by atoms with Gasteiger partial charge in [-0.05, 0) is 71.5 Å². The van der Waals surface area contributed by atoms with E-state index in [1.165, 1.54) is 12.1 Å². The maximum absolute atomic E-state index is 13.3. The monoisotopic (exact) mass is 490 g/mol. The Morgan fingerprint density at radius 1 is 1.19 bits per heavy atom. The summed E-state index contributed by atoms with van der Waals surface area (Å²) in [6.07, 6.45) is -1.42. The molecule has 146 valence electrons. The van der Waals surface area contributed by atoms with Gasteiger partial charge in [-0.3, -0.25) is 0 Å². The zero-order valence-electron chi connectivity index (χ0n) is 14.7. The number of rotatable bonds is 8. The lowest BCUT2D eigenvalue weighted by molar-refractivity contribution is 0.110. The van der Waals surface area contributed by atoms with Crippen molar-refractivity contribution in [1.82, 2.24) is 10.6 Å². The predicted molar refractivity (Wildman–Crippen MR) is 106 cm³/mol. The van der Waals surface area contributed by atoms with E-state index >= 15 is 0 Å². The van der Waals surface area contributed by atoms with Crippen LogP contribution in [-0.2, 0) is 17.8 Å². The van der Waals surface area contributed by atoms with Crippen molar-refractivity contribution in [2.45, 2.75) is 25.2 Å². The summed E-state index contributed by atoms with van der Waals surface area (Å²) in [6.45, 7) is 0.0608. The van der Waals surface area contributed by atoms with Crippen molar-refractivity contribution in [3.63, 3.8) is 0 Å². The SMILES string of the molecule is CNC(Cc1cc(F)cc(F)c1)C(O)CNC(=O)OCc1cccc(I)c1. The third-order valence-electron chi connectivity index (χ3n) is 3.93. The lowest BCUT2D eigenvalue weighted by Crippen LogP contribution is -2.46. The first-order valence-corrected chi connectivity index (χ1v) is 9.40. The molecule has 5 nitrogen and oxygen atoms in total. The Kier molecular flexibility index (Phi) is 8.39. The summed E-state index contributed by atoms with van der Waals surface area (Å²) >= 11 is 2.17. The molecule has 0 aliphatic rings. The van der Waals surface area contributed by atoms with Crippen LogP contribution in [0.3, 0.4) is 0 Å². The topological polar surface area (TPSA) is 70.6 Å². The van der Waals surface area contributed by atoms with Gasteiger partial charge in [-0.2, -0.15) is 0 Å². The number of amides is 1. The van der Waals surface area contributed by atoms with Gasteiger partial charge in [0, 0.05) is 22.2 Å². The minimum atomic E-state index is -0.966. The first-order chi connectivity index (χ1) is 12.9. The molecule has 0 spiro atoms. The summed E-state index contributed by atoms with van der Waals surface area (Å²) in [7, 11) is 1.62. The zero-order chi connectivity index (χ0) is 19.8. The minimum absolute atomic E-state index is 0.0610. The van der Waals surface area contributed by atoms with Crippen LogP contribution in [0.1, 0.15) is 11.1 Å². The molecule has 2 unspecified atom stereocenters. The van der Waals surface area contributed by atoms with E-state index in [1.807, 2.05) is 24.3 Å². The normalized spacial score (nSPS) is 13.1. The molecule has 0 aliphatic heterocycles. The molecule has 0 saturated heterocycles. The molecule has 3 N–H and O–H groups in total. The number of hydrogen-bond acceptors (Lipinski definition) is 4. The van der Waals surface area contributed by atoms with Crippen molar-refractivity contribution < 1.29 is 23.4 Å². The van der Waals surface area contributed by atoms with Crippen molar-refractivity contribution in [3.05, 3.63) is 68.8 Å². The van der Waals surface area contributed by atoms with Crippen molar-refractivity contribution >= 4 is 28.7 Å². The third-order valence-corrected chi connectivity index (χ3v) is 4.60. The van der Waals surface area contributed by atoms with Crippen LogP contribution >= 0.6 is 22.6 Å². The lowest BCUT2D eigenvalue weighted by Gasteiger charge is -2.23. The molecule has 2 rings (SSSR count). The van der Waals surface area contributed by atoms with Crippen molar-refractivity contribution in [3.8, 4) is 0 Å². The van der Waals surface area contributed by atoms with Crippen LogP contribution in [0.5, 0.6) is 0 Å². The Labute approximate surface area is 170 Å². The number of benzene rings is 2. The van der Waals surface area contributed by atoms with Crippen LogP contribution in [0.2, 0.25) is 0 Å². The van der Waals surface area contributed by atoms with Crippen LogP contribution in [0, 0.1) is 15.2 Å². The largest absolute Gasteiger partial charge is 0.445 e. The molecule has 1 amide bonds. The van der Waals surface area contributed by atoms with E-state index in [4.69, 9.17) is 4.74 Å². The summed E-state index contributed by atoms with van der Waals surface area (Å²) in [5, 5.41) is 15.6. The standard InChI is InChI=1S/C19H21F2IN2O3/c1-23-17(8-13-5-14(20)9-15(21)6-13)18(25)10-24-19(26)27-11-12-3-2-4-16(22)7-12/h2-7,9,17-18,23,25H,8,10-11H2,1H3,(H,24,26). The number of alkyl carbamates (subject to hydrolysis) is 1. The van der Waals surface area contributed by atoms with E-state index in [-0.39, 0.29) is 19.6 Å². The summed E-state index contributed by atoms with van der Waals surface area (Å²) in [5.41, 5.74) is 1.27. The van der Waals surface area contributed by atoms with Gasteiger partial charge < -0.3 is 20.5 Å². The highest BCUT2D eigenvalue weighted by Gasteiger charge is 2.19. The van der Waals surface area contributed by atoms with E-state index in [9.17, 15) is 18.7 Å². The van der Waals surface area contributed by atoms with Crippen LogP contribution in [-0.4, -0.2) is 36.9 Å². The van der Waals surface area contributed by atoms with Gasteiger partial charge in [0.05, 0.1) is 6.10 Å². The molecule has 0 bridgehead atoms. The molecule has 2 aromatic carbocycles. The number of aliphatic hydroxyl groups is 1. The third kappa shape index (κ3) is 7.39. The second-order valence-corrected chi connectivity index (χ2v) is 7.28. The van der Waals surface area contributed by atoms with Gasteiger partial charge in [-0.1, -0.05) is 12.1 Å². The van der Waals surface area contributed by atoms with Crippen molar-refractivity contribution in [2.75, 3.05) is 13.6 Å². The average molecular weight is 490 g/mol. The average Bonchev–Trinajstić information content (AvgIpc) is 2.61. The number of ether oxygens (including phenoxy) is 1. The number of carbonyl (C=O) groups excluding carboxylic acids is 1. The predicted octanol–water partition coefficient (Wildman–Crippen LogP) is 2.99. The Bertz CT molecular complexity index is 756. The lowest BCUT2D eigenvalue weighted by atomic mass is 10.0. The van der Waals surface area contributed by atoms with E-state index in [0.717, 1.165) is 15.2 Å². The fourth-order valence-electron chi connectivity index (χ4n) is 2.57. The number of likely N-dealkylation sites (N-methyl/N-ethyl adjacent to an activating group) is 1. The van der Waals surface area contributed by atoms with Crippen LogP contribution in [0.15, 0.2) is 42.5 Å². The van der Waals surface area contributed by atoms with Gasteiger partial charge >= 0.3 is 6.09 Å². The summed E-state index contributed by atoms with van der Waals surface area (Å²) in [5.74, 6) is -1.35. The highest BCUT2D eigenvalue weighted by molar-refractivity contribution is 14.1. The van der Waals surface area contributed by atoms with E-state index < -0.39 is 29.9 Å². The fourth-order valence-corrected chi connectivity index (χ4v) is 3.18. The van der Waals surface area contributed by atoms with Crippen molar-refractivity contribution in [1.29, 1.82) is 0 Å². The summed E-state index contributed by atoms with van der Waals surface area (Å²) in [6, 6.07) is 10.3. The van der Waals surface area contributed by atoms with E-state index in [0.29, 0.717) is 5.56 Å². The van der Waals surface area contributed by atoms with Gasteiger partial charge in [0.2, 0.25) is 0 Å². The first-order valence-electron chi connectivity index (χ1n) is 8.32. The minimum Gasteiger partial charge on any atom is -0.445 e. The highest BCUT2D eigenvalue weighted by atomic mass is 127. The molecule has 0 heterocycles.